The van der Waals surface area contributed by atoms with E-state index in [-0.39, 0.29) is 0 Å². The molecule has 0 nitrogen and oxygen atoms in total. The molecule has 1 heteroatoms. The third kappa shape index (κ3) is 2.32. The topological polar surface area (TPSA) is 0 Å². The first kappa shape index (κ1) is 13.5. The molecule has 4 rings (SSSR count). The minimum absolute atomic E-state index is 0.295. The molecule has 0 aliphatic heterocycles. The Hall–Kier alpha value is -1.21. The van der Waals surface area contributed by atoms with Gasteiger partial charge in [-0.15, -0.1) is 11.8 Å². The summed E-state index contributed by atoms with van der Waals surface area (Å²) in [5.74, 6) is 0. The van der Waals surface area contributed by atoms with Gasteiger partial charge < -0.3 is 0 Å². The first-order valence-electron chi connectivity index (χ1n) is 8.02. The van der Waals surface area contributed by atoms with E-state index >= 15 is 0 Å². The lowest BCUT2D eigenvalue weighted by molar-refractivity contribution is 0.160. The van der Waals surface area contributed by atoms with E-state index in [0.29, 0.717) is 10.2 Å². The molecule has 1 fully saturated rings. The molecule has 0 amide bonds. The van der Waals surface area contributed by atoms with Gasteiger partial charge in [0.05, 0.1) is 0 Å². The lowest BCUT2D eigenvalue weighted by Gasteiger charge is -2.51. The zero-order chi connectivity index (χ0) is 14.3. The molecule has 2 aliphatic carbocycles. The van der Waals surface area contributed by atoms with Crippen LogP contribution in [0.4, 0.5) is 0 Å². The van der Waals surface area contributed by atoms with Crippen molar-refractivity contribution in [2.24, 2.45) is 5.41 Å². The summed E-state index contributed by atoms with van der Waals surface area (Å²) in [7, 11) is 0. The smallest absolute Gasteiger partial charge is 0.0463 e. The molecule has 0 heterocycles. The van der Waals surface area contributed by atoms with E-state index in [9.17, 15) is 0 Å². The van der Waals surface area contributed by atoms with Crippen LogP contribution in [-0.4, -0.2) is 0 Å². The molecule has 108 valence electrons. The number of rotatable bonds is 2. The van der Waals surface area contributed by atoms with E-state index in [0.717, 1.165) is 0 Å². The highest BCUT2D eigenvalue weighted by atomic mass is 32.2. The van der Waals surface area contributed by atoms with E-state index in [4.69, 9.17) is 0 Å². The number of thioether (sulfide) groups is 1. The second-order valence-corrected chi connectivity index (χ2v) is 8.54. The zero-order valence-corrected chi connectivity index (χ0v) is 13.5. The van der Waals surface area contributed by atoms with E-state index < -0.39 is 0 Å². The van der Waals surface area contributed by atoms with Crippen molar-refractivity contribution in [2.45, 2.75) is 48.7 Å². The van der Waals surface area contributed by atoms with Gasteiger partial charge in [0.15, 0.2) is 0 Å². The molecule has 0 saturated heterocycles. The van der Waals surface area contributed by atoms with Gasteiger partial charge in [0.2, 0.25) is 0 Å². The van der Waals surface area contributed by atoms with Crippen LogP contribution in [0.25, 0.3) is 0 Å². The number of benzene rings is 2. The standard InChI is InChI=1S/C20H22S/c1-19-12-7-13-20(15-19,21-17-9-3-2-4-10-17)18-11-6-5-8-16(18)14-19/h2-6,8-11H,7,12-15H2,1H3/t19-,20+/m1/s1. The lowest BCUT2D eigenvalue weighted by atomic mass is 9.60. The fourth-order valence-electron chi connectivity index (χ4n) is 4.48. The molecular weight excluding hydrogens is 272 g/mol. The number of hydrogen-bond donors (Lipinski definition) is 0. The summed E-state index contributed by atoms with van der Waals surface area (Å²) >= 11 is 2.11. The van der Waals surface area contributed by atoms with Crippen molar-refractivity contribution < 1.29 is 0 Å². The second-order valence-electron chi connectivity index (χ2n) is 7.08. The second kappa shape index (κ2) is 4.91. The molecule has 2 bridgehead atoms. The molecule has 0 aromatic heterocycles. The first-order valence-corrected chi connectivity index (χ1v) is 8.83. The average molecular weight is 294 g/mol. The van der Waals surface area contributed by atoms with Crippen LogP contribution in [0.2, 0.25) is 0 Å². The summed E-state index contributed by atoms with van der Waals surface area (Å²) in [6.45, 7) is 2.50. The number of hydrogen-bond acceptors (Lipinski definition) is 1. The Balaban J connectivity index is 1.81. The van der Waals surface area contributed by atoms with Crippen LogP contribution in [0, 0.1) is 5.41 Å². The van der Waals surface area contributed by atoms with Gasteiger partial charge in [0.25, 0.3) is 0 Å². The third-order valence-electron chi connectivity index (χ3n) is 5.26. The Morgan fingerprint density at radius 1 is 0.905 bits per heavy atom. The first-order chi connectivity index (χ1) is 10.2. The molecule has 0 radical (unpaired) electrons. The van der Waals surface area contributed by atoms with Crippen LogP contribution >= 0.6 is 11.8 Å². The average Bonchev–Trinajstić information content (AvgIpc) is 2.47. The molecular formula is C20H22S. The molecule has 0 N–H and O–H groups in total. The van der Waals surface area contributed by atoms with Crippen molar-refractivity contribution in [1.29, 1.82) is 0 Å². The fraction of sp³-hybridized carbons (Fsp3) is 0.400. The summed E-state index contributed by atoms with van der Waals surface area (Å²) in [6, 6.07) is 20.2. The monoisotopic (exact) mass is 294 g/mol. The predicted molar refractivity (Wildman–Crippen MR) is 90.7 cm³/mol. The van der Waals surface area contributed by atoms with Crippen molar-refractivity contribution in [1.82, 2.24) is 0 Å². The van der Waals surface area contributed by atoms with Gasteiger partial charge in [-0.25, -0.2) is 0 Å². The molecule has 2 aromatic rings. The van der Waals surface area contributed by atoms with Crippen LogP contribution in [0.5, 0.6) is 0 Å². The predicted octanol–water partition coefficient (Wildman–Crippen LogP) is 5.81. The van der Waals surface area contributed by atoms with Gasteiger partial charge in [0.1, 0.15) is 0 Å². The maximum absolute atomic E-state index is 2.50. The summed E-state index contributed by atoms with van der Waals surface area (Å²) in [5.41, 5.74) is 3.69. The molecule has 2 aromatic carbocycles. The lowest BCUT2D eigenvalue weighted by Crippen LogP contribution is -2.42. The van der Waals surface area contributed by atoms with Crippen LogP contribution < -0.4 is 0 Å². The van der Waals surface area contributed by atoms with E-state index in [1.807, 2.05) is 0 Å². The summed E-state index contributed by atoms with van der Waals surface area (Å²) in [5, 5.41) is 0. The highest BCUT2D eigenvalue weighted by Crippen LogP contribution is 2.60. The molecule has 21 heavy (non-hydrogen) atoms. The highest BCUT2D eigenvalue weighted by molar-refractivity contribution is 8.00. The van der Waals surface area contributed by atoms with Gasteiger partial charge in [0, 0.05) is 9.64 Å². The Bertz CT molecular complexity index is 648. The zero-order valence-electron chi connectivity index (χ0n) is 12.6. The Morgan fingerprint density at radius 2 is 1.67 bits per heavy atom. The highest BCUT2D eigenvalue weighted by Gasteiger charge is 2.48. The molecule has 2 atom stereocenters. The minimum Gasteiger partial charge on any atom is -0.114 e. The van der Waals surface area contributed by atoms with Crippen molar-refractivity contribution in [3.63, 3.8) is 0 Å². The van der Waals surface area contributed by atoms with Gasteiger partial charge >= 0.3 is 0 Å². The van der Waals surface area contributed by atoms with Gasteiger partial charge in [-0.3, -0.25) is 0 Å². The van der Waals surface area contributed by atoms with Crippen LogP contribution in [0.3, 0.4) is 0 Å². The molecule has 1 saturated carbocycles. The minimum atomic E-state index is 0.295. The summed E-state index contributed by atoms with van der Waals surface area (Å²) in [4.78, 5) is 1.42. The largest absolute Gasteiger partial charge is 0.114 e. The summed E-state index contributed by atoms with van der Waals surface area (Å²) in [6.07, 6.45) is 6.67. The van der Waals surface area contributed by atoms with E-state index in [2.05, 4.69) is 73.3 Å². The molecule has 0 unspecified atom stereocenters. The molecule has 0 spiro atoms. The van der Waals surface area contributed by atoms with E-state index in [1.54, 1.807) is 11.1 Å². The van der Waals surface area contributed by atoms with Gasteiger partial charge in [-0.1, -0.05) is 55.8 Å². The van der Waals surface area contributed by atoms with Crippen molar-refractivity contribution in [3.8, 4) is 0 Å². The van der Waals surface area contributed by atoms with E-state index in [1.165, 1.54) is 37.0 Å². The van der Waals surface area contributed by atoms with Gasteiger partial charge in [-0.05, 0) is 54.4 Å². The SMILES string of the molecule is C[C@]12CCC[C@](Sc3ccccc3)(C1)c1ccccc1C2. The fourth-order valence-corrected chi connectivity index (χ4v) is 6.20. The van der Waals surface area contributed by atoms with Crippen LogP contribution in [0.1, 0.15) is 43.7 Å². The maximum atomic E-state index is 2.50. The Kier molecular flexibility index (Phi) is 3.15. The van der Waals surface area contributed by atoms with Crippen molar-refractivity contribution >= 4 is 11.8 Å². The Labute approximate surface area is 132 Å². The van der Waals surface area contributed by atoms with Crippen molar-refractivity contribution in [3.05, 3.63) is 65.7 Å². The molecule has 2 aliphatic rings. The normalized spacial score (nSPS) is 30.7. The van der Waals surface area contributed by atoms with Gasteiger partial charge in [-0.2, -0.15) is 0 Å². The quantitative estimate of drug-likeness (QED) is 0.673. The van der Waals surface area contributed by atoms with Crippen LogP contribution in [0.15, 0.2) is 59.5 Å². The Morgan fingerprint density at radius 3 is 2.52 bits per heavy atom. The maximum Gasteiger partial charge on any atom is 0.0463 e. The third-order valence-corrected chi connectivity index (χ3v) is 6.72. The summed E-state index contributed by atoms with van der Waals surface area (Å²) < 4.78 is 0.295. The van der Waals surface area contributed by atoms with Crippen molar-refractivity contribution in [2.75, 3.05) is 0 Å². The number of fused-ring (bicyclic) bond motifs is 4. The van der Waals surface area contributed by atoms with Crippen LogP contribution in [-0.2, 0) is 11.2 Å².